The van der Waals surface area contributed by atoms with Crippen LogP contribution < -0.4 is 4.74 Å². The van der Waals surface area contributed by atoms with Crippen LogP contribution in [0.1, 0.15) is 23.0 Å². The van der Waals surface area contributed by atoms with Crippen LogP contribution in [0.15, 0.2) is 36.8 Å². The molecule has 1 heterocycles. The monoisotopic (exact) mass is 216 g/mol. The maximum Gasteiger partial charge on any atom is 0.159 e. The van der Waals surface area contributed by atoms with E-state index in [0.29, 0.717) is 12.2 Å². The van der Waals surface area contributed by atoms with Gasteiger partial charge in [0.1, 0.15) is 12.4 Å². The summed E-state index contributed by atoms with van der Waals surface area (Å²) in [7, 11) is 0. The number of H-pyrrole nitrogens is 1. The molecule has 0 bridgehead atoms. The standard InChI is InChI=1S/C12H12N2O2/c1-9(15)10-2-4-12(5-3-10)16-7-11-6-13-8-14-11/h2-6,8H,7H2,1H3,(H,13,14). The SMILES string of the molecule is CC(=O)c1ccc(OCc2cnc[nH]2)cc1. The average Bonchev–Trinajstić information content (AvgIpc) is 2.80. The van der Waals surface area contributed by atoms with Gasteiger partial charge in [-0.05, 0) is 31.2 Å². The molecule has 0 spiro atoms. The molecule has 0 radical (unpaired) electrons. The van der Waals surface area contributed by atoms with E-state index in [1.165, 1.54) is 0 Å². The first kappa shape index (κ1) is 10.4. The summed E-state index contributed by atoms with van der Waals surface area (Å²) in [4.78, 5) is 17.9. The van der Waals surface area contributed by atoms with Gasteiger partial charge in [-0.1, -0.05) is 0 Å². The highest BCUT2D eigenvalue weighted by molar-refractivity contribution is 5.94. The minimum absolute atomic E-state index is 0.0557. The summed E-state index contributed by atoms with van der Waals surface area (Å²) in [5.74, 6) is 0.791. The molecule has 0 aliphatic rings. The van der Waals surface area contributed by atoms with Gasteiger partial charge >= 0.3 is 0 Å². The molecule has 0 amide bonds. The van der Waals surface area contributed by atoms with E-state index < -0.39 is 0 Å². The number of benzene rings is 1. The molecule has 1 N–H and O–H groups in total. The van der Waals surface area contributed by atoms with Gasteiger partial charge < -0.3 is 9.72 Å². The summed E-state index contributed by atoms with van der Waals surface area (Å²) in [6, 6.07) is 7.08. The zero-order valence-corrected chi connectivity index (χ0v) is 8.93. The van der Waals surface area contributed by atoms with E-state index in [9.17, 15) is 4.79 Å². The summed E-state index contributed by atoms with van der Waals surface area (Å²) < 4.78 is 5.50. The van der Waals surface area contributed by atoms with E-state index in [1.807, 2.05) is 0 Å². The average molecular weight is 216 g/mol. The molecule has 0 unspecified atom stereocenters. The van der Waals surface area contributed by atoms with Crippen LogP contribution in [-0.2, 0) is 6.61 Å². The molecule has 82 valence electrons. The number of Topliss-reactive ketones (excluding diaryl/α,β-unsaturated/α-hetero) is 1. The molecule has 0 saturated heterocycles. The van der Waals surface area contributed by atoms with Gasteiger partial charge in [-0.25, -0.2) is 4.98 Å². The Kier molecular flexibility index (Phi) is 3.00. The second-order valence-corrected chi connectivity index (χ2v) is 3.45. The topological polar surface area (TPSA) is 55.0 Å². The summed E-state index contributed by atoms with van der Waals surface area (Å²) >= 11 is 0. The number of aromatic amines is 1. The number of ether oxygens (including phenoxy) is 1. The summed E-state index contributed by atoms with van der Waals surface area (Å²) in [5.41, 5.74) is 1.60. The van der Waals surface area contributed by atoms with Crippen molar-refractivity contribution in [2.24, 2.45) is 0 Å². The number of carbonyl (C=O) groups is 1. The first-order valence-corrected chi connectivity index (χ1v) is 4.97. The molecular weight excluding hydrogens is 204 g/mol. The van der Waals surface area contributed by atoms with E-state index in [-0.39, 0.29) is 5.78 Å². The Bertz CT molecular complexity index is 460. The number of hydrogen-bond donors (Lipinski definition) is 1. The summed E-state index contributed by atoms with van der Waals surface area (Å²) in [6.45, 7) is 1.99. The van der Waals surface area contributed by atoms with E-state index >= 15 is 0 Å². The lowest BCUT2D eigenvalue weighted by atomic mass is 10.1. The molecule has 4 nitrogen and oxygen atoms in total. The van der Waals surface area contributed by atoms with Gasteiger partial charge in [0.2, 0.25) is 0 Å². The van der Waals surface area contributed by atoms with E-state index in [1.54, 1.807) is 43.7 Å². The third kappa shape index (κ3) is 2.48. The minimum atomic E-state index is 0.0557. The van der Waals surface area contributed by atoms with E-state index in [4.69, 9.17) is 4.74 Å². The van der Waals surface area contributed by atoms with E-state index in [0.717, 1.165) is 11.4 Å². The van der Waals surface area contributed by atoms with Crippen molar-refractivity contribution in [1.82, 2.24) is 9.97 Å². The Morgan fingerprint density at radius 2 is 2.12 bits per heavy atom. The maximum atomic E-state index is 11.0. The zero-order valence-electron chi connectivity index (χ0n) is 8.93. The number of ketones is 1. The lowest BCUT2D eigenvalue weighted by Gasteiger charge is -2.04. The molecule has 0 aliphatic carbocycles. The smallest absolute Gasteiger partial charge is 0.159 e. The second kappa shape index (κ2) is 4.61. The quantitative estimate of drug-likeness (QED) is 0.797. The predicted molar refractivity (Wildman–Crippen MR) is 59.4 cm³/mol. The molecule has 0 saturated carbocycles. The first-order chi connectivity index (χ1) is 7.75. The Hall–Kier alpha value is -2.10. The van der Waals surface area contributed by atoms with Crippen LogP contribution in [0.5, 0.6) is 5.75 Å². The first-order valence-electron chi connectivity index (χ1n) is 4.97. The van der Waals surface area contributed by atoms with Crippen molar-refractivity contribution in [3.63, 3.8) is 0 Å². The second-order valence-electron chi connectivity index (χ2n) is 3.45. The minimum Gasteiger partial charge on any atom is -0.487 e. The van der Waals surface area contributed by atoms with Crippen molar-refractivity contribution < 1.29 is 9.53 Å². The third-order valence-corrected chi connectivity index (χ3v) is 2.21. The van der Waals surface area contributed by atoms with Crippen LogP contribution in [0.2, 0.25) is 0 Å². The summed E-state index contributed by atoms with van der Waals surface area (Å²) in [5, 5.41) is 0. The normalized spacial score (nSPS) is 10.1. The number of nitrogens with one attached hydrogen (secondary N) is 1. The van der Waals surface area contributed by atoms with Crippen LogP contribution in [0.4, 0.5) is 0 Å². The molecule has 0 atom stereocenters. The summed E-state index contributed by atoms with van der Waals surface area (Å²) in [6.07, 6.45) is 3.32. The van der Waals surface area contributed by atoms with Crippen molar-refractivity contribution in [3.05, 3.63) is 48.0 Å². The fourth-order valence-corrected chi connectivity index (χ4v) is 1.31. The largest absolute Gasteiger partial charge is 0.487 e. The number of rotatable bonds is 4. The fourth-order valence-electron chi connectivity index (χ4n) is 1.31. The van der Waals surface area contributed by atoms with Crippen molar-refractivity contribution in [3.8, 4) is 5.75 Å². The van der Waals surface area contributed by atoms with Crippen LogP contribution in [0, 0.1) is 0 Å². The Labute approximate surface area is 93.3 Å². The Balaban J connectivity index is 1.98. The van der Waals surface area contributed by atoms with Crippen LogP contribution in [0.25, 0.3) is 0 Å². The lowest BCUT2D eigenvalue weighted by Crippen LogP contribution is -1.96. The van der Waals surface area contributed by atoms with Crippen molar-refractivity contribution >= 4 is 5.78 Å². The van der Waals surface area contributed by atoms with Crippen molar-refractivity contribution in [2.45, 2.75) is 13.5 Å². The number of carbonyl (C=O) groups excluding carboxylic acids is 1. The number of aromatic nitrogens is 2. The van der Waals surface area contributed by atoms with E-state index in [2.05, 4.69) is 9.97 Å². The molecule has 0 aliphatic heterocycles. The molecule has 1 aromatic carbocycles. The fraction of sp³-hybridized carbons (Fsp3) is 0.167. The van der Waals surface area contributed by atoms with Crippen molar-refractivity contribution in [2.75, 3.05) is 0 Å². The highest BCUT2D eigenvalue weighted by Gasteiger charge is 2.00. The molecule has 2 rings (SSSR count). The van der Waals surface area contributed by atoms with Gasteiger partial charge in [-0.3, -0.25) is 4.79 Å². The maximum absolute atomic E-state index is 11.0. The number of hydrogen-bond acceptors (Lipinski definition) is 3. The molecule has 2 aromatic rings. The highest BCUT2D eigenvalue weighted by Crippen LogP contribution is 2.13. The Morgan fingerprint density at radius 1 is 1.38 bits per heavy atom. The highest BCUT2D eigenvalue weighted by atomic mass is 16.5. The third-order valence-electron chi connectivity index (χ3n) is 2.21. The van der Waals surface area contributed by atoms with Crippen LogP contribution in [0.3, 0.4) is 0 Å². The van der Waals surface area contributed by atoms with Gasteiger partial charge in [0.15, 0.2) is 5.78 Å². The van der Waals surface area contributed by atoms with Crippen LogP contribution in [-0.4, -0.2) is 15.8 Å². The van der Waals surface area contributed by atoms with Crippen LogP contribution >= 0.6 is 0 Å². The van der Waals surface area contributed by atoms with Gasteiger partial charge in [0, 0.05) is 5.56 Å². The number of nitrogens with zero attached hydrogens (tertiary/aromatic N) is 1. The molecule has 0 fully saturated rings. The zero-order chi connectivity index (χ0) is 11.4. The number of imidazole rings is 1. The van der Waals surface area contributed by atoms with Gasteiger partial charge in [0.25, 0.3) is 0 Å². The molecule has 16 heavy (non-hydrogen) atoms. The molecule has 4 heteroatoms. The van der Waals surface area contributed by atoms with Crippen molar-refractivity contribution in [1.29, 1.82) is 0 Å². The molecule has 1 aromatic heterocycles. The van der Waals surface area contributed by atoms with Gasteiger partial charge in [-0.2, -0.15) is 0 Å². The van der Waals surface area contributed by atoms with Gasteiger partial charge in [0.05, 0.1) is 18.2 Å². The lowest BCUT2D eigenvalue weighted by molar-refractivity contribution is 0.101. The predicted octanol–water partition coefficient (Wildman–Crippen LogP) is 2.19. The molecular formula is C12H12N2O2. The Morgan fingerprint density at radius 3 is 2.69 bits per heavy atom. The van der Waals surface area contributed by atoms with Gasteiger partial charge in [-0.15, -0.1) is 0 Å².